The SMILES string of the molecule is CCOC(=O)c1c(C)oc2nc(COC(=O)c3cccs3)nc(N)c12. The lowest BCUT2D eigenvalue weighted by Crippen LogP contribution is -2.09. The van der Waals surface area contributed by atoms with Crippen LogP contribution in [0.2, 0.25) is 0 Å². The maximum atomic E-state index is 12.1. The van der Waals surface area contributed by atoms with E-state index in [0.29, 0.717) is 16.0 Å². The molecular formula is C16H15N3O5S. The van der Waals surface area contributed by atoms with Crippen LogP contribution in [0.3, 0.4) is 0 Å². The van der Waals surface area contributed by atoms with Crippen molar-refractivity contribution in [2.45, 2.75) is 20.5 Å². The van der Waals surface area contributed by atoms with Gasteiger partial charge in [0.2, 0.25) is 5.71 Å². The summed E-state index contributed by atoms with van der Waals surface area (Å²) in [5.74, 6) is -0.445. The highest BCUT2D eigenvalue weighted by atomic mass is 32.1. The molecule has 9 heteroatoms. The zero-order valence-corrected chi connectivity index (χ0v) is 14.4. The number of ether oxygens (including phenoxy) is 2. The van der Waals surface area contributed by atoms with Crippen LogP contribution in [0.25, 0.3) is 11.1 Å². The van der Waals surface area contributed by atoms with Crippen molar-refractivity contribution in [3.05, 3.63) is 39.5 Å². The number of aryl methyl sites for hydroxylation is 1. The van der Waals surface area contributed by atoms with Crippen molar-refractivity contribution in [2.75, 3.05) is 12.3 Å². The van der Waals surface area contributed by atoms with Gasteiger partial charge in [0.15, 0.2) is 12.4 Å². The fourth-order valence-electron chi connectivity index (χ4n) is 2.29. The van der Waals surface area contributed by atoms with Crippen LogP contribution < -0.4 is 5.73 Å². The Morgan fingerprint density at radius 3 is 2.76 bits per heavy atom. The van der Waals surface area contributed by atoms with Gasteiger partial charge in [-0.3, -0.25) is 0 Å². The Morgan fingerprint density at radius 1 is 1.28 bits per heavy atom. The predicted octanol–water partition coefficient (Wildman–Crippen LogP) is 2.71. The Labute approximate surface area is 146 Å². The number of anilines is 1. The third-order valence-electron chi connectivity index (χ3n) is 3.34. The van der Waals surface area contributed by atoms with Gasteiger partial charge in [-0.1, -0.05) is 6.07 Å². The lowest BCUT2D eigenvalue weighted by Gasteiger charge is -2.04. The Morgan fingerprint density at radius 2 is 2.08 bits per heavy atom. The van der Waals surface area contributed by atoms with Gasteiger partial charge in [0.05, 0.1) is 12.0 Å². The average Bonchev–Trinajstić information content (AvgIpc) is 3.20. The molecule has 0 unspecified atom stereocenters. The molecule has 0 atom stereocenters. The molecule has 130 valence electrons. The molecule has 3 heterocycles. The molecule has 8 nitrogen and oxygen atoms in total. The van der Waals surface area contributed by atoms with Crippen LogP contribution in [-0.2, 0) is 16.1 Å². The summed E-state index contributed by atoms with van der Waals surface area (Å²) in [6.07, 6.45) is 0. The van der Waals surface area contributed by atoms with Crippen LogP contribution in [0.4, 0.5) is 5.82 Å². The maximum absolute atomic E-state index is 12.1. The van der Waals surface area contributed by atoms with E-state index in [2.05, 4.69) is 9.97 Å². The van der Waals surface area contributed by atoms with E-state index in [0.717, 1.165) is 0 Å². The molecule has 0 radical (unpaired) electrons. The molecule has 0 saturated heterocycles. The molecule has 0 amide bonds. The topological polar surface area (TPSA) is 118 Å². The number of furan rings is 1. The number of nitrogens with two attached hydrogens (primary N) is 1. The number of nitrogens with zero attached hydrogens (tertiary/aromatic N) is 2. The fourth-order valence-corrected chi connectivity index (χ4v) is 2.91. The largest absolute Gasteiger partial charge is 0.462 e. The Hall–Kier alpha value is -2.94. The number of rotatable bonds is 5. The van der Waals surface area contributed by atoms with Gasteiger partial charge in [0, 0.05) is 0 Å². The number of carbonyl (C=O) groups is 2. The summed E-state index contributed by atoms with van der Waals surface area (Å²) in [6, 6.07) is 3.41. The normalized spacial score (nSPS) is 10.8. The average molecular weight is 361 g/mol. The van der Waals surface area contributed by atoms with Gasteiger partial charge in [-0.2, -0.15) is 4.98 Å². The van der Waals surface area contributed by atoms with E-state index in [-0.39, 0.29) is 36.1 Å². The first-order valence-electron chi connectivity index (χ1n) is 7.44. The first kappa shape index (κ1) is 16.9. The molecule has 2 N–H and O–H groups in total. The van der Waals surface area contributed by atoms with Gasteiger partial charge >= 0.3 is 11.9 Å². The highest BCUT2D eigenvalue weighted by Crippen LogP contribution is 2.29. The summed E-state index contributed by atoms with van der Waals surface area (Å²) in [5, 5.41) is 2.07. The minimum atomic E-state index is -0.550. The highest BCUT2D eigenvalue weighted by Gasteiger charge is 2.24. The van der Waals surface area contributed by atoms with Gasteiger partial charge in [0.1, 0.15) is 22.0 Å². The van der Waals surface area contributed by atoms with Crippen LogP contribution in [0.5, 0.6) is 0 Å². The lowest BCUT2D eigenvalue weighted by atomic mass is 10.2. The van der Waals surface area contributed by atoms with Crippen LogP contribution in [0, 0.1) is 6.92 Å². The summed E-state index contributed by atoms with van der Waals surface area (Å²) < 4.78 is 15.7. The van der Waals surface area contributed by atoms with E-state index >= 15 is 0 Å². The van der Waals surface area contributed by atoms with Crippen molar-refractivity contribution in [3.63, 3.8) is 0 Å². The summed E-state index contributed by atoms with van der Waals surface area (Å²) in [6.45, 7) is 3.38. The molecule has 25 heavy (non-hydrogen) atoms. The van der Waals surface area contributed by atoms with Gasteiger partial charge < -0.3 is 19.6 Å². The van der Waals surface area contributed by atoms with Gasteiger partial charge in [0.25, 0.3) is 0 Å². The van der Waals surface area contributed by atoms with Gasteiger partial charge in [-0.15, -0.1) is 11.3 Å². The van der Waals surface area contributed by atoms with E-state index in [4.69, 9.17) is 19.6 Å². The molecule has 0 aliphatic rings. The van der Waals surface area contributed by atoms with E-state index in [1.807, 2.05) is 0 Å². The van der Waals surface area contributed by atoms with Crippen molar-refractivity contribution in [1.82, 2.24) is 9.97 Å². The highest BCUT2D eigenvalue weighted by molar-refractivity contribution is 7.11. The minimum absolute atomic E-state index is 0.0621. The van der Waals surface area contributed by atoms with Crippen LogP contribution in [0.15, 0.2) is 21.9 Å². The van der Waals surface area contributed by atoms with E-state index in [1.54, 1.807) is 31.4 Å². The number of thiophene rings is 1. The van der Waals surface area contributed by atoms with Crippen LogP contribution in [0.1, 0.15) is 38.5 Å². The van der Waals surface area contributed by atoms with Crippen LogP contribution >= 0.6 is 11.3 Å². The number of hydrogen-bond acceptors (Lipinski definition) is 9. The quantitative estimate of drug-likeness (QED) is 0.689. The Kier molecular flexibility index (Phi) is 4.66. The van der Waals surface area contributed by atoms with Crippen molar-refractivity contribution < 1.29 is 23.5 Å². The summed E-state index contributed by atoms with van der Waals surface area (Å²) in [7, 11) is 0. The zero-order chi connectivity index (χ0) is 18.0. The molecule has 0 bridgehead atoms. The smallest absolute Gasteiger partial charge is 0.348 e. The number of fused-ring (bicyclic) bond motifs is 1. The molecule has 0 aliphatic carbocycles. The third-order valence-corrected chi connectivity index (χ3v) is 4.19. The number of carbonyl (C=O) groups excluding carboxylic acids is 2. The minimum Gasteiger partial charge on any atom is -0.462 e. The zero-order valence-electron chi connectivity index (χ0n) is 13.6. The van der Waals surface area contributed by atoms with Gasteiger partial charge in [-0.05, 0) is 25.3 Å². The molecule has 0 aliphatic heterocycles. The summed E-state index contributed by atoms with van der Waals surface area (Å²) >= 11 is 1.28. The number of esters is 2. The molecule has 0 aromatic carbocycles. The Bertz CT molecular complexity index is 933. The van der Waals surface area contributed by atoms with Crippen molar-refractivity contribution in [1.29, 1.82) is 0 Å². The molecule has 0 saturated carbocycles. The second-order valence-corrected chi connectivity index (χ2v) is 5.96. The third kappa shape index (κ3) is 3.31. The van der Waals surface area contributed by atoms with E-state index in [1.165, 1.54) is 11.3 Å². The van der Waals surface area contributed by atoms with Crippen molar-refractivity contribution in [2.24, 2.45) is 0 Å². The molecule has 0 fully saturated rings. The molecular weight excluding hydrogens is 346 g/mol. The van der Waals surface area contributed by atoms with Crippen molar-refractivity contribution in [3.8, 4) is 0 Å². The number of hydrogen-bond donors (Lipinski definition) is 1. The second kappa shape index (κ2) is 6.89. The molecule has 3 aromatic heterocycles. The molecule has 3 rings (SSSR count). The number of nitrogen functional groups attached to an aromatic ring is 1. The lowest BCUT2D eigenvalue weighted by molar-refractivity contribution is 0.0467. The number of aromatic nitrogens is 2. The maximum Gasteiger partial charge on any atom is 0.348 e. The predicted molar refractivity (Wildman–Crippen MR) is 90.3 cm³/mol. The molecule has 0 spiro atoms. The van der Waals surface area contributed by atoms with E-state index < -0.39 is 11.9 Å². The van der Waals surface area contributed by atoms with Crippen LogP contribution in [-0.4, -0.2) is 28.5 Å². The Balaban J connectivity index is 1.87. The molecule has 3 aromatic rings. The second-order valence-electron chi connectivity index (χ2n) is 5.01. The first-order chi connectivity index (χ1) is 12.0. The summed E-state index contributed by atoms with van der Waals surface area (Å²) in [5.41, 5.74) is 6.30. The van der Waals surface area contributed by atoms with Gasteiger partial charge in [-0.25, -0.2) is 14.6 Å². The standard InChI is InChI=1S/C16H15N3O5S/c1-3-22-16(21)11-8(2)24-14-12(11)13(17)18-10(19-14)7-23-15(20)9-5-4-6-25-9/h4-6H,3,7H2,1-2H3,(H2,17,18,19). The van der Waals surface area contributed by atoms with E-state index in [9.17, 15) is 9.59 Å². The monoisotopic (exact) mass is 361 g/mol. The summed E-state index contributed by atoms with van der Waals surface area (Å²) in [4.78, 5) is 32.7. The fraction of sp³-hybridized carbons (Fsp3) is 0.250. The first-order valence-corrected chi connectivity index (χ1v) is 8.32. The van der Waals surface area contributed by atoms with Crippen molar-refractivity contribution >= 4 is 40.2 Å².